The molecule has 0 fully saturated rings. The summed E-state index contributed by atoms with van der Waals surface area (Å²) in [6.45, 7) is 1.35. The SMILES string of the molecule is CC(C(=O)O)(C1CCc2c([nH]c3ccc(Br)cc23)C1)S(=O)(=O)c1ccccc1. The molecule has 1 aliphatic rings. The van der Waals surface area contributed by atoms with Crippen molar-refractivity contribution in [1.29, 1.82) is 0 Å². The molecule has 1 aromatic heterocycles. The molecule has 1 heterocycles. The largest absolute Gasteiger partial charge is 0.480 e. The van der Waals surface area contributed by atoms with Crippen molar-refractivity contribution < 1.29 is 18.3 Å². The number of aryl methyl sites for hydroxylation is 1. The van der Waals surface area contributed by atoms with Gasteiger partial charge in [0, 0.05) is 21.1 Å². The van der Waals surface area contributed by atoms with Crippen molar-refractivity contribution in [1.82, 2.24) is 4.98 Å². The number of halogens is 1. The molecule has 0 amide bonds. The Bertz CT molecular complexity index is 1170. The zero-order chi connectivity index (χ0) is 20.1. The van der Waals surface area contributed by atoms with E-state index in [4.69, 9.17) is 0 Å². The first-order valence-corrected chi connectivity index (χ1v) is 11.3. The number of aromatic nitrogens is 1. The second kappa shape index (κ2) is 6.74. The van der Waals surface area contributed by atoms with Gasteiger partial charge in [-0.05, 0) is 68.0 Å². The molecular weight excluding hydrogens is 442 g/mol. The van der Waals surface area contributed by atoms with Crippen LogP contribution < -0.4 is 0 Å². The van der Waals surface area contributed by atoms with Gasteiger partial charge < -0.3 is 10.1 Å². The quantitative estimate of drug-likeness (QED) is 0.604. The lowest BCUT2D eigenvalue weighted by Crippen LogP contribution is -2.51. The number of sulfone groups is 1. The molecule has 2 atom stereocenters. The van der Waals surface area contributed by atoms with Crippen molar-refractivity contribution in [2.45, 2.75) is 35.8 Å². The van der Waals surface area contributed by atoms with Gasteiger partial charge in [-0.1, -0.05) is 34.1 Å². The smallest absolute Gasteiger partial charge is 0.325 e. The highest BCUT2D eigenvalue weighted by molar-refractivity contribution is 9.10. The molecule has 0 bridgehead atoms. The lowest BCUT2D eigenvalue weighted by Gasteiger charge is -2.35. The highest BCUT2D eigenvalue weighted by atomic mass is 79.9. The molecule has 146 valence electrons. The van der Waals surface area contributed by atoms with E-state index in [1.807, 2.05) is 18.2 Å². The van der Waals surface area contributed by atoms with Crippen molar-refractivity contribution in [2.75, 3.05) is 0 Å². The number of rotatable bonds is 4. The lowest BCUT2D eigenvalue weighted by atomic mass is 9.79. The van der Waals surface area contributed by atoms with Crippen LogP contribution in [0.15, 0.2) is 57.9 Å². The van der Waals surface area contributed by atoms with Gasteiger partial charge in [0.05, 0.1) is 4.90 Å². The van der Waals surface area contributed by atoms with Crippen LogP contribution in [0.3, 0.4) is 0 Å². The van der Waals surface area contributed by atoms with Gasteiger partial charge >= 0.3 is 5.97 Å². The van der Waals surface area contributed by atoms with E-state index in [0.717, 1.165) is 26.6 Å². The van der Waals surface area contributed by atoms with Gasteiger partial charge in [0.1, 0.15) is 0 Å². The first-order chi connectivity index (χ1) is 13.2. The van der Waals surface area contributed by atoms with Crippen molar-refractivity contribution in [3.05, 3.63) is 64.3 Å². The Hall–Kier alpha value is -2.12. The van der Waals surface area contributed by atoms with Crippen LogP contribution in [0.1, 0.15) is 24.6 Å². The first kappa shape index (κ1) is 19.2. The Morgan fingerprint density at radius 3 is 2.61 bits per heavy atom. The molecule has 2 unspecified atom stereocenters. The number of carboxylic acid groups (broad SMARTS) is 1. The van der Waals surface area contributed by atoms with Crippen LogP contribution in [-0.4, -0.2) is 29.2 Å². The predicted octanol–water partition coefficient (Wildman–Crippen LogP) is 4.35. The van der Waals surface area contributed by atoms with E-state index < -0.39 is 26.5 Å². The molecule has 4 rings (SSSR count). The maximum atomic E-state index is 13.3. The molecule has 7 heteroatoms. The van der Waals surface area contributed by atoms with Gasteiger partial charge in [0.15, 0.2) is 14.6 Å². The van der Waals surface area contributed by atoms with Crippen molar-refractivity contribution >= 4 is 42.6 Å². The summed E-state index contributed by atoms with van der Waals surface area (Å²) in [6, 6.07) is 13.8. The van der Waals surface area contributed by atoms with Crippen LogP contribution in [0.25, 0.3) is 10.9 Å². The molecule has 0 saturated carbocycles. The summed E-state index contributed by atoms with van der Waals surface area (Å²) in [7, 11) is -4.06. The molecular formula is C21H20BrNO4S. The summed E-state index contributed by atoms with van der Waals surface area (Å²) >= 11 is 3.49. The maximum Gasteiger partial charge on any atom is 0.325 e. The van der Waals surface area contributed by atoms with Crippen LogP contribution in [0.5, 0.6) is 0 Å². The third-order valence-corrected chi connectivity index (χ3v) is 8.98. The molecule has 1 aliphatic carbocycles. The van der Waals surface area contributed by atoms with E-state index in [1.165, 1.54) is 19.1 Å². The molecule has 0 spiro atoms. The zero-order valence-electron chi connectivity index (χ0n) is 15.3. The summed E-state index contributed by atoms with van der Waals surface area (Å²) in [5.74, 6) is -1.83. The monoisotopic (exact) mass is 461 g/mol. The number of aliphatic carboxylic acids is 1. The van der Waals surface area contributed by atoms with Crippen molar-refractivity contribution in [3.63, 3.8) is 0 Å². The Labute approximate surface area is 171 Å². The number of aromatic amines is 1. The van der Waals surface area contributed by atoms with Gasteiger partial charge in [0.2, 0.25) is 0 Å². The fourth-order valence-corrected chi connectivity index (χ4v) is 6.46. The number of carboxylic acids is 1. The Balaban J connectivity index is 1.78. The Morgan fingerprint density at radius 2 is 1.93 bits per heavy atom. The summed E-state index contributed by atoms with van der Waals surface area (Å²) in [6.07, 6.45) is 1.53. The average Bonchev–Trinajstić information content (AvgIpc) is 3.04. The molecule has 5 nitrogen and oxygen atoms in total. The van der Waals surface area contributed by atoms with Crippen molar-refractivity contribution in [2.24, 2.45) is 5.92 Å². The van der Waals surface area contributed by atoms with E-state index in [-0.39, 0.29) is 4.90 Å². The number of benzene rings is 2. The molecule has 3 aromatic rings. The topological polar surface area (TPSA) is 87.2 Å². The van der Waals surface area contributed by atoms with Crippen LogP contribution in [0.4, 0.5) is 0 Å². The Kier molecular flexibility index (Phi) is 4.62. The molecule has 0 radical (unpaired) electrons. The minimum atomic E-state index is -4.06. The fraction of sp³-hybridized carbons (Fsp3) is 0.286. The molecule has 2 aromatic carbocycles. The van der Waals surface area contributed by atoms with Gasteiger partial charge in [0.25, 0.3) is 0 Å². The third-order valence-electron chi connectivity index (χ3n) is 5.97. The highest BCUT2D eigenvalue weighted by Gasteiger charge is 2.54. The van der Waals surface area contributed by atoms with Crippen LogP contribution in [0, 0.1) is 5.92 Å². The van der Waals surface area contributed by atoms with Gasteiger partial charge in [-0.25, -0.2) is 8.42 Å². The molecule has 28 heavy (non-hydrogen) atoms. The molecule has 0 saturated heterocycles. The zero-order valence-corrected chi connectivity index (χ0v) is 17.7. The first-order valence-electron chi connectivity index (χ1n) is 9.07. The van der Waals surface area contributed by atoms with E-state index >= 15 is 0 Å². The number of nitrogens with one attached hydrogen (secondary N) is 1. The standard InChI is InChI=1S/C21H20BrNO4S/c1-21(20(24)25,28(26,27)15-5-3-2-4-6-15)13-7-9-16-17-12-14(22)8-10-18(17)23-19(16)11-13/h2-6,8,10,12-13,23H,7,9,11H2,1H3,(H,24,25). The number of hydrogen-bond acceptors (Lipinski definition) is 3. The molecule has 2 N–H and O–H groups in total. The number of hydrogen-bond donors (Lipinski definition) is 2. The lowest BCUT2D eigenvalue weighted by molar-refractivity contribution is -0.141. The van der Waals surface area contributed by atoms with Gasteiger partial charge in [-0.3, -0.25) is 4.79 Å². The number of H-pyrrole nitrogens is 1. The van der Waals surface area contributed by atoms with E-state index in [9.17, 15) is 18.3 Å². The van der Waals surface area contributed by atoms with Crippen molar-refractivity contribution in [3.8, 4) is 0 Å². The number of fused-ring (bicyclic) bond motifs is 3. The second-order valence-electron chi connectivity index (χ2n) is 7.44. The number of carbonyl (C=O) groups is 1. The second-order valence-corrected chi connectivity index (χ2v) is 10.7. The highest BCUT2D eigenvalue weighted by Crippen LogP contribution is 2.42. The molecule has 0 aliphatic heterocycles. The maximum absolute atomic E-state index is 13.3. The minimum absolute atomic E-state index is 0.0475. The summed E-state index contributed by atoms with van der Waals surface area (Å²) in [4.78, 5) is 15.7. The average molecular weight is 462 g/mol. The summed E-state index contributed by atoms with van der Waals surface area (Å²) in [5, 5.41) is 11.1. The van der Waals surface area contributed by atoms with E-state index in [2.05, 4.69) is 20.9 Å². The predicted molar refractivity (Wildman–Crippen MR) is 111 cm³/mol. The van der Waals surface area contributed by atoms with E-state index in [0.29, 0.717) is 19.3 Å². The van der Waals surface area contributed by atoms with Gasteiger partial charge in [-0.15, -0.1) is 0 Å². The van der Waals surface area contributed by atoms with Crippen LogP contribution in [-0.2, 0) is 27.5 Å². The van der Waals surface area contributed by atoms with E-state index in [1.54, 1.807) is 18.2 Å². The summed E-state index contributed by atoms with van der Waals surface area (Å²) < 4.78 is 25.7. The van der Waals surface area contributed by atoms with Crippen LogP contribution >= 0.6 is 15.9 Å². The van der Waals surface area contributed by atoms with Gasteiger partial charge in [-0.2, -0.15) is 0 Å². The Morgan fingerprint density at radius 1 is 1.21 bits per heavy atom. The summed E-state index contributed by atoms with van der Waals surface area (Å²) in [5.41, 5.74) is 3.06. The minimum Gasteiger partial charge on any atom is -0.480 e. The fourth-order valence-electron chi connectivity index (χ4n) is 4.23. The third kappa shape index (κ3) is 2.79. The van der Waals surface area contributed by atoms with Crippen LogP contribution in [0.2, 0.25) is 0 Å². The normalized spacial score (nSPS) is 19.1.